The first-order valence-corrected chi connectivity index (χ1v) is 12.3. The number of nitrogens with zero attached hydrogens (tertiary/aromatic N) is 3. The molecule has 33 heavy (non-hydrogen) atoms. The quantitative estimate of drug-likeness (QED) is 0.428. The number of ether oxygens (including phenoxy) is 1. The number of nitrogens with one attached hydrogen (secondary N) is 1. The van der Waals surface area contributed by atoms with Gasteiger partial charge in [-0.3, -0.25) is 14.5 Å². The fourth-order valence-electron chi connectivity index (χ4n) is 4.37. The van der Waals surface area contributed by atoms with E-state index in [2.05, 4.69) is 29.3 Å². The Kier molecular flexibility index (Phi) is 6.50. The molecule has 1 aromatic heterocycles. The van der Waals surface area contributed by atoms with Gasteiger partial charge >= 0.3 is 0 Å². The van der Waals surface area contributed by atoms with Crippen molar-refractivity contribution < 1.29 is 14.3 Å². The van der Waals surface area contributed by atoms with E-state index in [1.807, 2.05) is 30.3 Å². The molecule has 2 aromatic carbocycles. The van der Waals surface area contributed by atoms with Gasteiger partial charge in [-0.2, -0.15) is 0 Å². The molecule has 172 valence electrons. The number of amides is 2. The topological polar surface area (TPSA) is 74.8 Å². The van der Waals surface area contributed by atoms with Crippen LogP contribution in [0.3, 0.4) is 0 Å². The fourth-order valence-corrected chi connectivity index (χ4v) is 5.44. The molecule has 7 nitrogen and oxygen atoms in total. The van der Waals surface area contributed by atoms with E-state index in [-0.39, 0.29) is 18.2 Å². The molecule has 2 fully saturated rings. The van der Waals surface area contributed by atoms with Crippen LogP contribution < -0.4 is 10.2 Å². The van der Waals surface area contributed by atoms with Gasteiger partial charge in [0.2, 0.25) is 5.91 Å². The molecule has 0 bridgehead atoms. The van der Waals surface area contributed by atoms with Gasteiger partial charge in [0.05, 0.1) is 41.6 Å². The number of imide groups is 1. The van der Waals surface area contributed by atoms with Crippen molar-refractivity contribution in [3.05, 3.63) is 48.0 Å². The van der Waals surface area contributed by atoms with Gasteiger partial charge in [-0.15, -0.1) is 11.3 Å². The van der Waals surface area contributed by atoms with Crippen LogP contribution in [-0.4, -0.2) is 67.1 Å². The van der Waals surface area contributed by atoms with Crippen LogP contribution in [0.5, 0.6) is 0 Å². The molecule has 1 N–H and O–H groups in total. The van der Waals surface area contributed by atoms with Gasteiger partial charge in [0.25, 0.3) is 5.91 Å². The molecule has 0 radical (unpaired) electrons. The maximum atomic E-state index is 12.9. The SMILES string of the molecule is Cc1ccc2nc(-c3ccc(N4C(=O)CC(NCCCN5CCOCC5)C4=O)cc3)sc2c1. The minimum absolute atomic E-state index is 0.158. The lowest BCUT2D eigenvalue weighted by Gasteiger charge is -2.26. The van der Waals surface area contributed by atoms with Crippen LogP contribution in [-0.2, 0) is 14.3 Å². The fraction of sp³-hybridized carbons (Fsp3) is 0.400. The maximum absolute atomic E-state index is 12.9. The van der Waals surface area contributed by atoms with E-state index in [0.717, 1.165) is 60.1 Å². The largest absolute Gasteiger partial charge is 0.379 e. The zero-order chi connectivity index (χ0) is 22.8. The van der Waals surface area contributed by atoms with Gasteiger partial charge in [0.1, 0.15) is 5.01 Å². The second-order valence-corrected chi connectivity index (χ2v) is 9.65. The van der Waals surface area contributed by atoms with Crippen LogP contribution in [0.1, 0.15) is 18.4 Å². The summed E-state index contributed by atoms with van der Waals surface area (Å²) in [5, 5.41) is 4.21. The van der Waals surface area contributed by atoms with E-state index in [4.69, 9.17) is 9.72 Å². The van der Waals surface area contributed by atoms with E-state index < -0.39 is 6.04 Å². The van der Waals surface area contributed by atoms with Crippen molar-refractivity contribution in [3.63, 3.8) is 0 Å². The van der Waals surface area contributed by atoms with Gasteiger partial charge < -0.3 is 10.1 Å². The highest BCUT2D eigenvalue weighted by Crippen LogP contribution is 2.32. The summed E-state index contributed by atoms with van der Waals surface area (Å²) in [5.74, 6) is -0.330. The van der Waals surface area contributed by atoms with Gasteiger partial charge in [-0.25, -0.2) is 9.88 Å². The zero-order valence-electron chi connectivity index (χ0n) is 18.8. The average molecular weight is 465 g/mol. The van der Waals surface area contributed by atoms with Gasteiger partial charge in [-0.1, -0.05) is 6.07 Å². The molecule has 0 aliphatic carbocycles. The number of morpholine rings is 1. The second-order valence-electron chi connectivity index (χ2n) is 8.62. The summed E-state index contributed by atoms with van der Waals surface area (Å²) in [6.07, 6.45) is 1.14. The highest BCUT2D eigenvalue weighted by molar-refractivity contribution is 7.21. The summed E-state index contributed by atoms with van der Waals surface area (Å²) in [5.41, 5.74) is 3.79. The van der Waals surface area contributed by atoms with Crippen molar-refractivity contribution in [1.82, 2.24) is 15.2 Å². The van der Waals surface area contributed by atoms with Crippen LogP contribution in [0.2, 0.25) is 0 Å². The summed E-state index contributed by atoms with van der Waals surface area (Å²) in [6, 6.07) is 13.3. The average Bonchev–Trinajstić information content (AvgIpc) is 3.37. The van der Waals surface area contributed by atoms with Gasteiger partial charge in [-0.05, 0) is 68.4 Å². The van der Waals surface area contributed by atoms with Gasteiger partial charge in [0, 0.05) is 18.7 Å². The molecule has 1 unspecified atom stereocenters. The number of aryl methyl sites for hydroxylation is 1. The van der Waals surface area contributed by atoms with Crippen LogP contribution in [0.15, 0.2) is 42.5 Å². The molecule has 3 aromatic rings. The molecule has 1 atom stereocenters. The van der Waals surface area contributed by atoms with E-state index in [1.165, 1.54) is 10.5 Å². The van der Waals surface area contributed by atoms with Crippen LogP contribution >= 0.6 is 11.3 Å². The van der Waals surface area contributed by atoms with Crippen molar-refractivity contribution in [2.75, 3.05) is 44.3 Å². The Morgan fingerprint density at radius 1 is 1.12 bits per heavy atom. The molecule has 3 heterocycles. The number of anilines is 1. The Morgan fingerprint density at radius 3 is 2.70 bits per heavy atom. The first-order valence-electron chi connectivity index (χ1n) is 11.5. The van der Waals surface area contributed by atoms with E-state index >= 15 is 0 Å². The number of benzene rings is 2. The van der Waals surface area contributed by atoms with Crippen LogP contribution in [0.4, 0.5) is 5.69 Å². The van der Waals surface area contributed by atoms with Gasteiger partial charge in [0.15, 0.2) is 0 Å². The molecule has 2 saturated heterocycles. The number of hydrogen-bond acceptors (Lipinski definition) is 7. The summed E-state index contributed by atoms with van der Waals surface area (Å²) in [7, 11) is 0. The number of hydrogen-bond donors (Lipinski definition) is 1. The lowest BCUT2D eigenvalue weighted by Crippen LogP contribution is -2.41. The van der Waals surface area contributed by atoms with Crippen LogP contribution in [0, 0.1) is 6.92 Å². The van der Waals surface area contributed by atoms with Crippen LogP contribution in [0.25, 0.3) is 20.8 Å². The molecular weight excluding hydrogens is 436 g/mol. The predicted molar refractivity (Wildman–Crippen MR) is 131 cm³/mol. The number of thiazole rings is 1. The smallest absolute Gasteiger partial charge is 0.251 e. The minimum atomic E-state index is -0.450. The summed E-state index contributed by atoms with van der Waals surface area (Å²) in [6.45, 7) is 7.25. The summed E-state index contributed by atoms with van der Waals surface area (Å²) >= 11 is 1.65. The second kappa shape index (κ2) is 9.69. The van der Waals surface area contributed by atoms with Crippen molar-refractivity contribution in [1.29, 1.82) is 0 Å². The standard InChI is InChI=1S/C25H28N4O3S/c1-17-3-8-20-22(15-17)33-24(27-20)18-4-6-19(7-5-18)29-23(30)16-21(25(29)31)26-9-2-10-28-11-13-32-14-12-28/h3-8,15,21,26H,2,9-14,16H2,1H3. The Labute approximate surface area is 197 Å². The molecule has 2 amide bonds. The van der Waals surface area contributed by atoms with Crippen molar-refractivity contribution in [2.24, 2.45) is 0 Å². The molecule has 5 rings (SSSR count). The van der Waals surface area contributed by atoms with E-state index in [0.29, 0.717) is 12.2 Å². The molecular formula is C25H28N4O3S. The number of fused-ring (bicyclic) bond motifs is 1. The van der Waals surface area contributed by atoms with Crippen molar-refractivity contribution in [3.8, 4) is 10.6 Å². The monoisotopic (exact) mass is 464 g/mol. The summed E-state index contributed by atoms with van der Waals surface area (Å²) < 4.78 is 6.52. The van der Waals surface area contributed by atoms with Crippen molar-refractivity contribution >= 4 is 39.1 Å². The Hall–Kier alpha value is -2.65. The lowest BCUT2D eigenvalue weighted by molar-refractivity contribution is -0.121. The highest BCUT2D eigenvalue weighted by atomic mass is 32.1. The molecule has 2 aliphatic rings. The normalized spacial score (nSPS) is 19.7. The predicted octanol–water partition coefficient (Wildman–Crippen LogP) is 3.22. The minimum Gasteiger partial charge on any atom is -0.379 e. The molecule has 0 spiro atoms. The number of aromatic nitrogens is 1. The van der Waals surface area contributed by atoms with E-state index in [1.54, 1.807) is 11.3 Å². The number of rotatable bonds is 7. The highest BCUT2D eigenvalue weighted by Gasteiger charge is 2.39. The Morgan fingerprint density at radius 2 is 1.91 bits per heavy atom. The number of carbonyl (C=O) groups is 2. The zero-order valence-corrected chi connectivity index (χ0v) is 19.6. The first kappa shape index (κ1) is 22.2. The maximum Gasteiger partial charge on any atom is 0.251 e. The molecule has 0 saturated carbocycles. The third-order valence-electron chi connectivity index (χ3n) is 6.21. The lowest BCUT2D eigenvalue weighted by atomic mass is 10.2. The van der Waals surface area contributed by atoms with Crippen molar-refractivity contribution in [2.45, 2.75) is 25.8 Å². The summed E-state index contributed by atoms with van der Waals surface area (Å²) in [4.78, 5) is 33.9. The third kappa shape index (κ3) is 4.84. The first-order chi connectivity index (χ1) is 16.1. The van der Waals surface area contributed by atoms with E-state index in [9.17, 15) is 9.59 Å². The Bertz CT molecular complexity index is 1150. The number of carbonyl (C=O) groups excluding carboxylic acids is 2. The molecule has 8 heteroatoms. The molecule has 2 aliphatic heterocycles. The third-order valence-corrected chi connectivity index (χ3v) is 7.28. The Balaban J connectivity index is 1.20.